The van der Waals surface area contributed by atoms with Gasteiger partial charge in [0.2, 0.25) is 0 Å². The molecule has 0 aliphatic carbocycles. The minimum atomic E-state index is -0.710. The van der Waals surface area contributed by atoms with Crippen LogP contribution in [-0.2, 0) is 9.59 Å². The average molecular weight is 492 g/mol. The van der Waals surface area contributed by atoms with Crippen LogP contribution in [0.3, 0.4) is 0 Å². The van der Waals surface area contributed by atoms with Gasteiger partial charge < -0.3 is 16.0 Å². The first-order valence-corrected chi connectivity index (χ1v) is 11.5. The molecule has 0 bridgehead atoms. The Hall–Kier alpha value is -3.54. The molecule has 3 N–H and O–H groups in total. The highest BCUT2D eigenvalue weighted by Crippen LogP contribution is 2.42. The topological polar surface area (TPSA) is 70.2 Å². The van der Waals surface area contributed by atoms with Crippen LogP contribution in [0.25, 0.3) is 0 Å². The Morgan fingerprint density at radius 3 is 1.65 bits per heavy atom. The van der Waals surface area contributed by atoms with E-state index in [1.807, 2.05) is 50.2 Å². The van der Waals surface area contributed by atoms with Crippen molar-refractivity contribution >= 4 is 46.4 Å². The molecule has 0 saturated carbocycles. The van der Waals surface area contributed by atoms with Gasteiger partial charge in [-0.2, -0.15) is 0 Å². The Morgan fingerprint density at radius 1 is 0.735 bits per heavy atom. The van der Waals surface area contributed by atoms with E-state index in [1.165, 1.54) is 0 Å². The number of amides is 2. The largest absolute Gasteiger partial charge is 0.362 e. The van der Waals surface area contributed by atoms with Crippen molar-refractivity contribution in [3.05, 3.63) is 117 Å². The Balaban J connectivity index is 1.80. The Morgan fingerprint density at radius 2 is 1.21 bits per heavy atom. The van der Waals surface area contributed by atoms with Crippen LogP contribution in [0.1, 0.15) is 25.3 Å². The highest BCUT2D eigenvalue weighted by molar-refractivity contribution is 6.35. The molecular weight excluding hydrogens is 469 g/mol. The van der Waals surface area contributed by atoms with E-state index >= 15 is 0 Å². The van der Waals surface area contributed by atoms with Gasteiger partial charge in [-0.1, -0.05) is 65.7 Å². The molecule has 4 rings (SSSR count). The zero-order valence-corrected chi connectivity index (χ0v) is 20.2. The van der Waals surface area contributed by atoms with E-state index in [2.05, 4.69) is 16.0 Å². The number of nitrogens with one attached hydrogen (secondary N) is 3. The van der Waals surface area contributed by atoms with E-state index in [0.29, 0.717) is 49.5 Å². The molecule has 1 aliphatic heterocycles. The summed E-state index contributed by atoms with van der Waals surface area (Å²) in [5.41, 5.74) is 3.98. The highest BCUT2D eigenvalue weighted by atomic mass is 35.5. The number of anilines is 2. The molecule has 34 heavy (non-hydrogen) atoms. The van der Waals surface area contributed by atoms with Gasteiger partial charge >= 0.3 is 0 Å². The van der Waals surface area contributed by atoms with Gasteiger partial charge in [-0.15, -0.1) is 0 Å². The second-order valence-corrected chi connectivity index (χ2v) is 8.79. The fraction of sp³-hybridized carbons (Fsp3) is 0.111. The number of allylic oxidation sites excluding steroid dienone is 2. The fourth-order valence-electron chi connectivity index (χ4n) is 4.08. The summed E-state index contributed by atoms with van der Waals surface area (Å²) in [5, 5.41) is 9.92. The average Bonchev–Trinajstić information content (AvgIpc) is 2.80. The molecule has 0 spiro atoms. The summed E-state index contributed by atoms with van der Waals surface area (Å²) in [6.45, 7) is 3.62. The van der Waals surface area contributed by atoms with Crippen LogP contribution in [0, 0.1) is 0 Å². The predicted molar refractivity (Wildman–Crippen MR) is 138 cm³/mol. The smallest absolute Gasteiger partial charge is 0.254 e. The summed E-state index contributed by atoms with van der Waals surface area (Å²) in [6, 6.07) is 23.4. The first-order chi connectivity index (χ1) is 16.3. The number of dihydropyridines is 1. The lowest BCUT2D eigenvalue weighted by Crippen LogP contribution is -2.35. The van der Waals surface area contributed by atoms with E-state index in [4.69, 9.17) is 23.2 Å². The monoisotopic (exact) mass is 491 g/mol. The molecule has 0 fully saturated rings. The van der Waals surface area contributed by atoms with Gasteiger partial charge in [0.05, 0.1) is 0 Å². The molecule has 0 atom stereocenters. The number of halogens is 2. The third-order valence-corrected chi connectivity index (χ3v) is 6.15. The van der Waals surface area contributed by atoms with Crippen molar-refractivity contribution in [2.45, 2.75) is 19.8 Å². The highest BCUT2D eigenvalue weighted by Gasteiger charge is 2.37. The van der Waals surface area contributed by atoms with E-state index < -0.39 is 5.92 Å². The number of para-hydroxylation sites is 2. The summed E-state index contributed by atoms with van der Waals surface area (Å²) in [7, 11) is 0. The molecule has 1 aliphatic rings. The molecule has 3 aromatic rings. The van der Waals surface area contributed by atoms with Gasteiger partial charge in [0, 0.05) is 49.9 Å². The first-order valence-electron chi connectivity index (χ1n) is 10.7. The lowest BCUT2D eigenvalue weighted by Gasteiger charge is -2.32. The van der Waals surface area contributed by atoms with E-state index in [9.17, 15) is 9.59 Å². The lowest BCUT2D eigenvalue weighted by atomic mass is 9.79. The molecule has 0 radical (unpaired) electrons. The predicted octanol–water partition coefficient (Wildman–Crippen LogP) is 6.51. The molecule has 172 valence electrons. The molecule has 1 heterocycles. The van der Waals surface area contributed by atoms with Gasteiger partial charge in [0.15, 0.2) is 0 Å². The third kappa shape index (κ3) is 5.01. The minimum absolute atomic E-state index is 0.329. The zero-order chi connectivity index (χ0) is 24.2. The Bertz CT molecular complexity index is 1230. The van der Waals surface area contributed by atoms with Crippen LogP contribution in [0.5, 0.6) is 0 Å². The van der Waals surface area contributed by atoms with Crippen LogP contribution < -0.4 is 16.0 Å². The molecule has 0 saturated heterocycles. The fourth-order valence-corrected chi connectivity index (χ4v) is 4.60. The van der Waals surface area contributed by atoms with Gasteiger partial charge in [0.25, 0.3) is 11.8 Å². The number of rotatable bonds is 5. The van der Waals surface area contributed by atoms with Crippen molar-refractivity contribution in [1.29, 1.82) is 0 Å². The van der Waals surface area contributed by atoms with Gasteiger partial charge in [-0.05, 0) is 55.8 Å². The molecule has 2 amide bonds. The minimum Gasteiger partial charge on any atom is -0.362 e. The van der Waals surface area contributed by atoms with Crippen LogP contribution in [0.4, 0.5) is 11.4 Å². The van der Waals surface area contributed by atoms with Crippen molar-refractivity contribution in [2.24, 2.45) is 0 Å². The van der Waals surface area contributed by atoms with Crippen LogP contribution in [-0.4, -0.2) is 11.8 Å². The summed E-state index contributed by atoms with van der Waals surface area (Å²) < 4.78 is 0. The lowest BCUT2D eigenvalue weighted by molar-refractivity contribution is -0.113. The number of carbonyl (C=O) groups excluding carboxylic acids is 2. The van der Waals surface area contributed by atoms with Crippen molar-refractivity contribution in [3.8, 4) is 0 Å². The SMILES string of the molecule is CC1=C(C(=O)Nc2ccccc2)C(c2ccc(Cl)cc2Cl)C(C(=O)Nc2ccccc2)=C(C)N1. The number of hydrogen-bond donors (Lipinski definition) is 3. The van der Waals surface area contributed by atoms with Gasteiger partial charge in [0.1, 0.15) is 0 Å². The Kier molecular flexibility index (Phi) is 7.06. The maximum Gasteiger partial charge on any atom is 0.254 e. The molecule has 0 aromatic heterocycles. The van der Waals surface area contributed by atoms with Crippen LogP contribution in [0.2, 0.25) is 10.0 Å². The molecular formula is C27H23Cl2N3O2. The summed E-state index contributed by atoms with van der Waals surface area (Å²) >= 11 is 12.8. The van der Waals surface area contributed by atoms with Crippen LogP contribution in [0.15, 0.2) is 101 Å². The number of benzene rings is 3. The Labute approximate surface area is 208 Å². The second-order valence-electron chi connectivity index (χ2n) is 7.94. The maximum atomic E-state index is 13.5. The zero-order valence-electron chi connectivity index (χ0n) is 18.7. The van der Waals surface area contributed by atoms with E-state index in [1.54, 1.807) is 42.5 Å². The summed E-state index contributed by atoms with van der Waals surface area (Å²) in [5.74, 6) is -1.37. The first kappa shape index (κ1) is 23.6. The van der Waals surface area contributed by atoms with Crippen molar-refractivity contribution in [3.63, 3.8) is 0 Å². The number of carbonyl (C=O) groups is 2. The number of hydrogen-bond acceptors (Lipinski definition) is 3. The van der Waals surface area contributed by atoms with Crippen molar-refractivity contribution in [2.75, 3.05) is 10.6 Å². The van der Waals surface area contributed by atoms with Gasteiger partial charge in [-0.25, -0.2) is 0 Å². The van der Waals surface area contributed by atoms with Crippen LogP contribution >= 0.6 is 23.2 Å². The second kappa shape index (κ2) is 10.2. The van der Waals surface area contributed by atoms with E-state index in [0.717, 1.165) is 0 Å². The maximum absolute atomic E-state index is 13.5. The third-order valence-electron chi connectivity index (χ3n) is 5.59. The normalized spacial score (nSPS) is 14.0. The molecule has 0 unspecified atom stereocenters. The summed E-state index contributed by atoms with van der Waals surface area (Å²) in [6.07, 6.45) is 0. The standard InChI is InChI=1S/C27H23Cl2N3O2/c1-16-23(26(33)31-19-9-5-3-6-10-19)25(21-14-13-18(28)15-22(21)29)24(17(2)30-16)27(34)32-20-11-7-4-8-12-20/h3-15,25,30H,1-2H3,(H,31,33)(H,32,34). The van der Waals surface area contributed by atoms with Crippen molar-refractivity contribution in [1.82, 2.24) is 5.32 Å². The molecule has 3 aromatic carbocycles. The molecule has 7 heteroatoms. The van der Waals surface area contributed by atoms with Gasteiger partial charge in [-0.3, -0.25) is 9.59 Å². The molecule has 5 nitrogen and oxygen atoms in total. The van der Waals surface area contributed by atoms with Crippen molar-refractivity contribution < 1.29 is 9.59 Å². The summed E-state index contributed by atoms with van der Waals surface area (Å²) in [4.78, 5) is 27.1. The van der Waals surface area contributed by atoms with E-state index in [-0.39, 0.29) is 11.8 Å². The quantitative estimate of drug-likeness (QED) is 0.381.